The number of benzene rings is 2. The fraction of sp³-hybridized carbons (Fsp3) is 0.211. The molecule has 3 rings (SSSR count). The minimum absolute atomic E-state index is 0. The Kier molecular flexibility index (Phi) is 6.20. The van der Waals surface area contributed by atoms with Crippen LogP contribution < -0.4 is 10.2 Å². The predicted molar refractivity (Wildman–Crippen MR) is 104 cm³/mol. The number of phenolic OH excluding ortho intramolecular Hbond substituents is 3. The minimum Gasteiger partial charge on any atom is -0.508 e. The highest BCUT2D eigenvalue weighted by atomic mass is 35.5. The maximum absolute atomic E-state index is 12.3. The largest absolute Gasteiger partial charge is 0.508 e. The normalized spacial score (nSPS) is 10.8. The second kappa shape index (κ2) is 8.20. The van der Waals surface area contributed by atoms with Crippen LogP contribution in [0.25, 0.3) is 22.3 Å². The van der Waals surface area contributed by atoms with E-state index in [9.17, 15) is 20.1 Å². The van der Waals surface area contributed by atoms with E-state index in [1.165, 1.54) is 18.2 Å². The number of phenols is 3. The van der Waals surface area contributed by atoms with Crippen molar-refractivity contribution in [1.29, 1.82) is 0 Å². The van der Waals surface area contributed by atoms with E-state index < -0.39 is 5.43 Å². The molecule has 27 heavy (non-hydrogen) atoms. The van der Waals surface area contributed by atoms with E-state index in [1.807, 2.05) is 19.0 Å². The van der Waals surface area contributed by atoms with Gasteiger partial charge in [0.25, 0.3) is 0 Å². The van der Waals surface area contributed by atoms with Crippen LogP contribution in [0.1, 0.15) is 0 Å². The molecule has 1 aromatic heterocycles. The summed E-state index contributed by atoms with van der Waals surface area (Å²) in [6.07, 6.45) is 0. The molecule has 0 saturated heterocycles. The molecule has 0 unspecified atom stereocenters. The first-order chi connectivity index (χ1) is 12.3. The van der Waals surface area contributed by atoms with E-state index in [0.29, 0.717) is 18.7 Å². The molecule has 0 aliphatic carbocycles. The van der Waals surface area contributed by atoms with Gasteiger partial charge in [0.1, 0.15) is 34.8 Å². The molecule has 0 saturated carbocycles. The monoisotopic (exact) mass is 393 g/mol. The molecule has 144 valence electrons. The van der Waals surface area contributed by atoms with Crippen molar-refractivity contribution in [1.82, 2.24) is 4.90 Å². The van der Waals surface area contributed by atoms with Crippen LogP contribution in [0, 0.1) is 0 Å². The Bertz CT molecular complexity index is 1010. The van der Waals surface area contributed by atoms with Crippen molar-refractivity contribution in [3.05, 3.63) is 46.6 Å². The van der Waals surface area contributed by atoms with Crippen molar-refractivity contribution < 1.29 is 24.5 Å². The molecular formula is C19H20ClNO6. The highest BCUT2D eigenvalue weighted by molar-refractivity contribution is 5.86. The molecule has 0 atom stereocenters. The van der Waals surface area contributed by atoms with Crippen molar-refractivity contribution in [3.8, 4) is 34.3 Å². The highest BCUT2D eigenvalue weighted by Gasteiger charge is 2.14. The maximum atomic E-state index is 12.3. The third-order valence-electron chi connectivity index (χ3n) is 3.84. The number of rotatable bonds is 5. The van der Waals surface area contributed by atoms with Gasteiger partial charge in [-0.1, -0.05) is 0 Å². The molecule has 0 bridgehead atoms. The molecule has 0 spiro atoms. The molecule has 8 heteroatoms. The summed E-state index contributed by atoms with van der Waals surface area (Å²) in [4.78, 5) is 14.3. The molecule has 0 aliphatic heterocycles. The summed E-state index contributed by atoms with van der Waals surface area (Å²) >= 11 is 0. The first-order valence-electron chi connectivity index (χ1n) is 7.96. The predicted octanol–water partition coefficient (Wildman–Crippen LogP) is 2.94. The van der Waals surface area contributed by atoms with Gasteiger partial charge in [0.15, 0.2) is 16.9 Å². The van der Waals surface area contributed by atoms with Gasteiger partial charge in [0.2, 0.25) is 0 Å². The van der Waals surface area contributed by atoms with Gasteiger partial charge in [-0.2, -0.15) is 0 Å². The zero-order chi connectivity index (χ0) is 18.8. The Morgan fingerprint density at radius 2 is 1.78 bits per heavy atom. The summed E-state index contributed by atoms with van der Waals surface area (Å²) in [6.45, 7) is 1.06. The van der Waals surface area contributed by atoms with E-state index in [2.05, 4.69) is 0 Å². The van der Waals surface area contributed by atoms with Crippen LogP contribution >= 0.6 is 12.4 Å². The van der Waals surface area contributed by atoms with Gasteiger partial charge in [-0.25, -0.2) is 0 Å². The zero-order valence-corrected chi connectivity index (χ0v) is 15.6. The highest BCUT2D eigenvalue weighted by Crippen LogP contribution is 2.34. The number of ether oxygens (including phenoxy) is 1. The van der Waals surface area contributed by atoms with Gasteiger partial charge in [-0.3, -0.25) is 4.79 Å². The van der Waals surface area contributed by atoms with Crippen LogP contribution in [-0.2, 0) is 0 Å². The van der Waals surface area contributed by atoms with Crippen LogP contribution in [0.2, 0.25) is 0 Å². The van der Waals surface area contributed by atoms with Crippen molar-refractivity contribution in [2.45, 2.75) is 0 Å². The molecule has 0 fully saturated rings. The Labute approximate surface area is 161 Å². The molecule has 3 N–H and O–H groups in total. The standard InChI is InChI=1S/C19H19NO6.ClH/c1-20(2)5-6-25-17-7-11(3-4-13(17)22)16-10-15(24)19-14(23)8-12(21)9-18(19)26-16;/h3-4,7-10,21-23H,5-6H2,1-2H3;1H. The Morgan fingerprint density at radius 1 is 1.04 bits per heavy atom. The number of aromatic hydroxyl groups is 3. The third-order valence-corrected chi connectivity index (χ3v) is 3.84. The van der Waals surface area contributed by atoms with E-state index in [-0.39, 0.29) is 52.1 Å². The first-order valence-corrected chi connectivity index (χ1v) is 7.96. The lowest BCUT2D eigenvalue weighted by molar-refractivity contribution is 0.252. The van der Waals surface area contributed by atoms with Crippen molar-refractivity contribution in [2.24, 2.45) is 0 Å². The lowest BCUT2D eigenvalue weighted by Gasteiger charge is -2.13. The smallest absolute Gasteiger partial charge is 0.197 e. The lowest BCUT2D eigenvalue weighted by atomic mass is 10.1. The van der Waals surface area contributed by atoms with Crippen LogP contribution in [0.15, 0.2) is 45.6 Å². The lowest BCUT2D eigenvalue weighted by Crippen LogP contribution is -2.19. The summed E-state index contributed by atoms with van der Waals surface area (Å²) in [5.74, 6) is -0.0887. The van der Waals surface area contributed by atoms with Crippen molar-refractivity contribution >= 4 is 23.4 Å². The van der Waals surface area contributed by atoms with Gasteiger partial charge in [0.05, 0.1) is 0 Å². The molecule has 0 aliphatic rings. The summed E-state index contributed by atoms with van der Waals surface area (Å²) < 4.78 is 11.2. The van der Waals surface area contributed by atoms with Gasteiger partial charge in [-0.15, -0.1) is 12.4 Å². The Hall–Kier alpha value is -2.90. The summed E-state index contributed by atoms with van der Waals surface area (Å²) in [5.41, 5.74) is 0.138. The number of nitrogens with zero attached hydrogens (tertiary/aromatic N) is 1. The van der Waals surface area contributed by atoms with Gasteiger partial charge in [-0.05, 0) is 32.3 Å². The van der Waals surface area contributed by atoms with Crippen LogP contribution in [0.3, 0.4) is 0 Å². The number of fused-ring (bicyclic) bond motifs is 1. The minimum atomic E-state index is -0.443. The number of halogens is 1. The number of hydrogen-bond acceptors (Lipinski definition) is 7. The maximum Gasteiger partial charge on any atom is 0.197 e. The van der Waals surface area contributed by atoms with E-state index in [4.69, 9.17) is 9.15 Å². The Balaban J connectivity index is 0.00000261. The van der Waals surface area contributed by atoms with Crippen LogP contribution in [0.5, 0.6) is 23.0 Å². The number of likely N-dealkylation sites (N-methyl/N-ethyl adjacent to an activating group) is 1. The molecule has 2 aromatic carbocycles. The fourth-order valence-corrected chi connectivity index (χ4v) is 2.52. The summed E-state index contributed by atoms with van der Waals surface area (Å²) in [7, 11) is 3.82. The topological polar surface area (TPSA) is 103 Å². The second-order valence-corrected chi connectivity index (χ2v) is 6.15. The molecule has 0 radical (unpaired) electrons. The molecule has 1 heterocycles. The van der Waals surface area contributed by atoms with Gasteiger partial charge in [0, 0.05) is 30.3 Å². The second-order valence-electron chi connectivity index (χ2n) is 6.15. The molecule has 0 amide bonds. The third kappa shape index (κ3) is 4.45. The SMILES string of the molecule is CN(C)CCOc1cc(-c2cc(=O)c3c(O)cc(O)cc3o2)ccc1O.Cl. The Morgan fingerprint density at radius 3 is 2.48 bits per heavy atom. The molecule has 3 aromatic rings. The molecular weight excluding hydrogens is 374 g/mol. The van der Waals surface area contributed by atoms with E-state index in [0.717, 1.165) is 6.07 Å². The molecule has 7 nitrogen and oxygen atoms in total. The zero-order valence-electron chi connectivity index (χ0n) is 14.8. The van der Waals surface area contributed by atoms with Gasteiger partial charge < -0.3 is 29.4 Å². The summed E-state index contributed by atoms with van der Waals surface area (Å²) in [6, 6.07) is 8.18. The quantitative estimate of drug-likeness (QED) is 0.612. The number of hydrogen-bond donors (Lipinski definition) is 3. The summed E-state index contributed by atoms with van der Waals surface area (Å²) in [5, 5.41) is 29.4. The average molecular weight is 394 g/mol. The van der Waals surface area contributed by atoms with Crippen molar-refractivity contribution in [2.75, 3.05) is 27.2 Å². The van der Waals surface area contributed by atoms with Crippen LogP contribution in [0.4, 0.5) is 0 Å². The first kappa shape index (κ1) is 20.4. The van der Waals surface area contributed by atoms with E-state index >= 15 is 0 Å². The fourth-order valence-electron chi connectivity index (χ4n) is 2.52. The van der Waals surface area contributed by atoms with Crippen LogP contribution in [-0.4, -0.2) is 47.5 Å². The average Bonchev–Trinajstić information content (AvgIpc) is 2.55. The van der Waals surface area contributed by atoms with Crippen molar-refractivity contribution in [3.63, 3.8) is 0 Å². The van der Waals surface area contributed by atoms with E-state index in [1.54, 1.807) is 12.1 Å². The van der Waals surface area contributed by atoms with Gasteiger partial charge >= 0.3 is 0 Å².